The van der Waals surface area contributed by atoms with E-state index in [0.717, 1.165) is 11.1 Å². The van der Waals surface area contributed by atoms with Gasteiger partial charge in [-0.2, -0.15) is 0 Å². The Kier molecular flexibility index (Phi) is 3.86. The molecule has 0 saturated carbocycles. The van der Waals surface area contributed by atoms with Gasteiger partial charge in [0.25, 0.3) is 0 Å². The molecule has 110 valence electrons. The predicted molar refractivity (Wildman–Crippen MR) is 72.9 cm³/mol. The third-order valence-electron chi connectivity index (χ3n) is 4.30. The summed E-state index contributed by atoms with van der Waals surface area (Å²) in [6.45, 7) is 4.98. The summed E-state index contributed by atoms with van der Waals surface area (Å²) in [6.07, 6.45) is -1.05. The van der Waals surface area contributed by atoms with Crippen LogP contribution < -0.4 is 0 Å². The molecule has 1 unspecified atom stereocenters. The van der Waals surface area contributed by atoms with E-state index in [-0.39, 0.29) is 17.6 Å². The van der Waals surface area contributed by atoms with E-state index in [9.17, 15) is 20.1 Å². The summed E-state index contributed by atoms with van der Waals surface area (Å²) < 4.78 is 0. The SMILES string of the molecule is CC1=CC(O)C2=C(C)C[C@@H](O)/C(=C(/C)C(=O)O)[C@@H](O)[C@H]12. The lowest BCUT2D eigenvalue weighted by Gasteiger charge is -2.25. The average Bonchev–Trinajstić information content (AvgIpc) is 2.58. The molecule has 0 saturated heterocycles. The maximum Gasteiger partial charge on any atom is 0.331 e. The number of fused-ring (bicyclic) bond motifs is 1. The minimum atomic E-state index is -1.15. The number of aliphatic hydroxyl groups excluding tert-OH is 3. The van der Waals surface area contributed by atoms with Crippen LogP contribution in [0.25, 0.3) is 0 Å². The van der Waals surface area contributed by atoms with Crippen LogP contribution in [0.4, 0.5) is 0 Å². The Morgan fingerprint density at radius 1 is 1.25 bits per heavy atom. The van der Waals surface area contributed by atoms with Gasteiger partial charge in [-0.3, -0.25) is 0 Å². The average molecular weight is 280 g/mol. The zero-order valence-electron chi connectivity index (χ0n) is 11.8. The number of rotatable bonds is 1. The van der Waals surface area contributed by atoms with E-state index in [4.69, 9.17) is 5.11 Å². The summed E-state index contributed by atoms with van der Waals surface area (Å²) in [7, 11) is 0. The topological polar surface area (TPSA) is 98.0 Å². The Morgan fingerprint density at radius 2 is 1.85 bits per heavy atom. The van der Waals surface area contributed by atoms with Crippen molar-refractivity contribution in [1.82, 2.24) is 0 Å². The minimum Gasteiger partial charge on any atom is -0.478 e. The molecule has 0 spiro atoms. The molecule has 5 heteroatoms. The van der Waals surface area contributed by atoms with Gasteiger partial charge in [-0.15, -0.1) is 0 Å². The zero-order valence-corrected chi connectivity index (χ0v) is 11.8. The van der Waals surface area contributed by atoms with E-state index in [1.165, 1.54) is 6.92 Å². The monoisotopic (exact) mass is 280 g/mol. The van der Waals surface area contributed by atoms with Gasteiger partial charge in [0.05, 0.1) is 18.3 Å². The Balaban J connectivity index is 2.58. The van der Waals surface area contributed by atoms with Crippen molar-refractivity contribution in [1.29, 1.82) is 0 Å². The normalized spacial score (nSPS) is 36.4. The Labute approximate surface area is 117 Å². The minimum absolute atomic E-state index is 0.0340. The van der Waals surface area contributed by atoms with Crippen LogP contribution >= 0.6 is 0 Å². The largest absolute Gasteiger partial charge is 0.478 e. The molecule has 20 heavy (non-hydrogen) atoms. The van der Waals surface area contributed by atoms with E-state index < -0.39 is 30.2 Å². The van der Waals surface area contributed by atoms with Crippen LogP contribution in [0.5, 0.6) is 0 Å². The molecule has 0 aromatic carbocycles. The Morgan fingerprint density at radius 3 is 2.40 bits per heavy atom. The van der Waals surface area contributed by atoms with Gasteiger partial charge in [0.1, 0.15) is 0 Å². The molecule has 0 amide bonds. The van der Waals surface area contributed by atoms with Crippen molar-refractivity contribution >= 4 is 5.97 Å². The standard InChI is InChI=1S/C15H20O5/c1-6-4-10(17)13(8(3)15(19)20)14(18)12-7(2)5-9(16)11(6)12/h5,9-10,12,14,16-18H,4H2,1-3H3,(H,19,20)/b13-8+/t9?,10-,12-,14+/m1/s1. The molecule has 0 heterocycles. The fraction of sp³-hybridized carbons (Fsp3) is 0.533. The highest BCUT2D eigenvalue weighted by Gasteiger charge is 2.41. The zero-order chi connectivity index (χ0) is 15.2. The van der Waals surface area contributed by atoms with E-state index in [2.05, 4.69) is 0 Å². The summed E-state index contributed by atoms with van der Waals surface area (Å²) in [5.41, 5.74) is 2.38. The molecule has 2 aliphatic carbocycles. The predicted octanol–water partition coefficient (Wildman–Crippen LogP) is 0.766. The summed E-state index contributed by atoms with van der Waals surface area (Å²) >= 11 is 0. The maximum absolute atomic E-state index is 11.2. The second-order valence-corrected chi connectivity index (χ2v) is 5.62. The molecule has 4 atom stereocenters. The van der Waals surface area contributed by atoms with Crippen LogP contribution in [-0.4, -0.2) is 44.7 Å². The van der Waals surface area contributed by atoms with Crippen molar-refractivity contribution in [2.75, 3.05) is 0 Å². The summed E-state index contributed by atoms with van der Waals surface area (Å²) in [5.74, 6) is -1.61. The molecule has 2 aliphatic rings. The van der Waals surface area contributed by atoms with Gasteiger partial charge in [0, 0.05) is 11.5 Å². The first kappa shape index (κ1) is 15.0. The van der Waals surface area contributed by atoms with E-state index >= 15 is 0 Å². The molecular formula is C15H20O5. The first-order chi connectivity index (χ1) is 9.25. The highest BCUT2D eigenvalue weighted by atomic mass is 16.4. The van der Waals surface area contributed by atoms with Gasteiger partial charge >= 0.3 is 5.97 Å². The number of carboxylic acid groups (broad SMARTS) is 1. The van der Waals surface area contributed by atoms with Crippen molar-refractivity contribution in [3.63, 3.8) is 0 Å². The molecule has 0 aliphatic heterocycles. The quantitative estimate of drug-likeness (QED) is 0.420. The highest BCUT2D eigenvalue weighted by Crippen LogP contribution is 2.43. The lowest BCUT2D eigenvalue weighted by Crippen LogP contribution is -2.30. The number of carbonyl (C=O) groups is 1. The number of carboxylic acids is 1. The van der Waals surface area contributed by atoms with Crippen molar-refractivity contribution in [3.05, 3.63) is 33.9 Å². The maximum atomic E-state index is 11.2. The van der Waals surface area contributed by atoms with Gasteiger partial charge in [-0.05, 0) is 38.3 Å². The second-order valence-electron chi connectivity index (χ2n) is 5.62. The lowest BCUT2D eigenvalue weighted by molar-refractivity contribution is -0.132. The van der Waals surface area contributed by atoms with Crippen LogP contribution in [0.3, 0.4) is 0 Å². The van der Waals surface area contributed by atoms with Crippen LogP contribution in [0.1, 0.15) is 27.2 Å². The van der Waals surface area contributed by atoms with E-state index in [1.807, 2.05) is 0 Å². The smallest absolute Gasteiger partial charge is 0.331 e. The molecule has 5 nitrogen and oxygen atoms in total. The van der Waals surface area contributed by atoms with Crippen molar-refractivity contribution in [3.8, 4) is 0 Å². The van der Waals surface area contributed by atoms with Crippen molar-refractivity contribution in [2.24, 2.45) is 5.92 Å². The summed E-state index contributed by atoms with van der Waals surface area (Å²) in [4.78, 5) is 11.2. The highest BCUT2D eigenvalue weighted by molar-refractivity contribution is 5.87. The van der Waals surface area contributed by atoms with Crippen LogP contribution in [-0.2, 0) is 4.79 Å². The summed E-state index contributed by atoms with van der Waals surface area (Å²) in [5, 5.41) is 40.0. The number of aliphatic carboxylic acids is 1. The molecule has 0 fully saturated rings. The van der Waals surface area contributed by atoms with Gasteiger partial charge in [-0.1, -0.05) is 17.2 Å². The molecule has 0 radical (unpaired) electrons. The van der Waals surface area contributed by atoms with Gasteiger partial charge in [0.2, 0.25) is 0 Å². The van der Waals surface area contributed by atoms with Crippen LogP contribution in [0.2, 0.25) is 0 Å². The molecule has 4 N–H and O–H groups in total. The fourth-order valence-electron chi connectivity index (χ4n) is 3.30. The first-order valence-electron chi connectivity index (χ1n) is 6.61. The first-order valence-corrected chi connectivity index (χ1v) is 6.61. The van der Waals surface area contributed by atoms with Gasteiger partial charge in [0.15, 0.2) is 0 Å². The molecule has 2 rings (SSSR count). The molecule has 0 bridgehead atoms. The number of aliphatic hydroxyl groups is 3. The van der Waals surface area contributed by atoms with Crippen LogP contribution in [0, 0.1) is 5.92 Å². The van der Waals surface area contributed by atoms with Gasteiger partial charge in [-0.25, -0.2) is 4.79 Å². The van der Waals surface area contributed by atoms with E-state index in [0.29, 0.717) is 5.57 Å². The number of hydrogen-bond donors (Lipinski definition) is 4. The Hall–Kier alpha value is -1.43. The fourth-order valence-corrected chi connectivity index (χ4v) is 3.30. The third kappa shape index (κ3) is 2.22. The van der Waals surface area contributed by atoms with Crippen molar-refractivity contribution in [2.45, 2.75) is 45.5 Å². The molecule has 0 aromatic rings. The molecule has 0 aromatic heterocycles. The van der Waals surface area contributed by atoms with E-state index in [1.54, 1.807) is 19.9 Å². The third-order valence-corrected chi connectivity index (χ3v) is 4.30. The van der Waals surface area contributed by atoms with Crippen molar-refractivity contribution < 1.29 is 25.2 Å². The molecular weight excluding hydrogens is 260 g/mol. The van der Waals surface area contributed by atoms with Crippen LogP contribution in [0.15, 0.2) is 33.9 Å². The van der Waals surface area contributed by atoms with Gasteiger partial charge < -0.3 is 20.4 Å². The summed E-state index contributed by atoms with van der Waals surface area (Å²) in [6, 6.07) is 0. The Bertz CT molecular complexity index is 540. The second kappa shape index (κ2) is 5.16. The lowest BCUT2D eigenvalue weighted by atomic mass is 9.85. The number of hydrogen-bond acceptors (Lipinski definition) is 4.